The summed E-state index contributed by atoms with van der Waals surface area (Å²) >= 11 is 0. The summed E-state index contributed by atoms with van der Waals surface area (Å²) in [4.78, 5) is 7.71. The minimum absolute atomic E-state index is 0.668. The lowest BCUT2D eigenvalue weighted by molar-refractivity contribution is 0.603. The summed E-state index contributed by atoms with van der Waals surface area (Å²) in [5.74, 6) is 0.992. The van der Waals surface area contributed by atoms with Crippen LogP contribution in [0.1, 0.15) is 24.2 Å². The molecule has 0 radical (unpaired) electrons. The van der Waals surface area contributed by atoms with Gasteiger partial charge in [0.2, 0.25) is 0 Å². The maximum Gasteiger partial charge on any atom is 0.104 e. The molecule has 2 aromatic rings. The zero-order valence-corrected chi connectivity index (χ0v) is 9.59. The Morgan fingerprint density at radius 2 is 2.38 bits per heavy atom. The van der Waals surface area contributed by atoms with Gasteiger partial charge in [0.1, 0.15) is 5.82 Å². The van der Waals surface area contributed by atoms with E-state index in [9.17, 15) is 0 Å². The van der Waals surface area contributed by atoms with Gasteiger partial charge in [-0.3, -0.25) is 0 Å². The van der Waals surface area contributed by atoms with Crippen molar-refractivity contribution in [2.75, 3.05) is 6.54 Å². The van der Waals surface area contributed by atoms with Crippen molar-refractivity contribution < 1.29 is 0 Å². The maximum atomic E-state index is 4.41. The summed E-state index contributed by atoms with van der Waals surface area (Å²) in [5, 5.41) is 3.53. The summed E-state index contributed by atoms with van der Waals surface area (Å²) in [7, 11) is 0. The minimum Gasteiger partial charge on any atom is -0.342 e. The fraction of sp³-hybridized carbons (Fsp3) is 0.462. The maximum absolute atomic E-state index is 4.41. The molecule has 1 fully saturated rings. The van der Waals surface area contributed by atoms with Crippen LogP contribution in [0.25, 0.3) is 11.0 Å². The first kappa shape index (κ1) is 9.85. The van der Waals surface area contributed by atoms with E-state index in [1.165, 1.54) is 24.9 Å². The number of aryl methyl sites for hydroxylation is 1. The third-order valence-electron chi connectivity index (χ3n) is 3.31. The summed E-state index contributed by atoms with van der Waals surface area (Å²) < 4.78 is 0. The number of benzene rings is 1. The lowest BCUT2D eigenvalue weighted by Gasteiger charge is -2.09. The summed E-state index contributed by atoms with van der Waals surface area (Å²) in [6.07, 6.45) is 3.75. The van der Waals surface area contributed by atoms with Crippen molar-refractivity contribution in [3.05, 3.63) is 29.6 Å². The Hall–Kier alpha value is -1.35. The number of nitrogens with zero attached hydrogens (tertiary/aromatic N) is 1. The second kappa shape index (κ2) is 3.91. The van der Waals surface area contributed by atoms with Gasteiger partial charge in [-0.25, -0.2) is 4.98 Å². The third kappa shape index (κ3) is 1.83. The van der Waals surface area contributed by atoms with Gasteiger partial charge in [0.25, 0.3) is 0 Å². The average molecular weight is 215 g/mol. The van der Waals surface area contributed by atoms with E-state index in [2.05, 4.69) is 33.5 Å². The highest BCUT2D eigenvalue weighted by atomic mass is 14.9. The van der Waals surface area contributed by atoms with Crippen molar-refractivity contribution in [2.45, 2.75) is 32.2 Å². The molecule has 2 heterocycles. The monoisotopic (exact) mass is 215 g/mol. The number of fused-ring (bicyclic) bond motifs is 1. The minimum atomic E-state index is 0.668. The summed E-state index contributed by atoms with van der Waals surface area (Å²) in [5.41, 5.74) is 3.63. The van der Waals surface area contributed by atoms with Crippen molar-refractivity contribution >= 4 is 11.0 Å². The molecule has 1 unspecified atom stereocenters. The van der Waals surface area contributed by atoms with Crippen molar-refractivity contribution in [1.29, 1.82) is 0 Å². The lowest BCUT2D eigenvalue weighted by Crippen LogP contribution is -2.23. The molecular formula is C13H17N3. The van der Waals surface area contributed by atoms with E-state index in [1.54, 1.807) is 0 Å². The quantitative estimate of drug-likeness (QED) is 0.806. The number of rotatable bonds is 2. The molecule has 0 saturated carbocycles. The van der Waals surface area contributed by atoms with E-state index >= 15 is 0 Å². The number of hydrogen-bond donors (Lipinski definition) is 2. The number of aromatic amines is 1. The van der Waals surface area contributed by atoms with Crippen LogP contribution in [0.4, 0.5) is 0 Å². The van der Waals surface area contributed by atoms with Crippen LogP contribution in [0, 0.1) is 6.92 Å². The molecular weight excluding hydrogens is 198 g/mol. The molecule has 16 heavy (non-hydrogen) atoms. The molecule has 84 valence electrons. The first-order chi connectivity index (χ1) is 7.81. The highest BCUT2D eigenvalue weighted by Gasteiger charge is 2.14. The van der Waals surface area contributed by atoms with Crippen molar-refractivity contribution in [3.8, 4) is 0 Å². The molecule has 1 aliphatic rings. The largest absolute Gasteiger partial charge is 0.342 e. The van der Waals surface area contributed by atoms with Crippen LogP contribution < -0.4 is 5.32 Å². The normalized spacial score (nSPS) is 20.7. The first-order valence-electron chi connectivity index (χ1n) is 6.00. The zero-order chi connectivity index (χ0) is 11.0. The highest BCUT2D eigenvalue weighted by Crippen LogP contribution is 2.17. The fourth-order valence-corrected chi connectivity index (χ4v) is 2.53. The van der Waals surface area contributed by atoms with Crippen LogP contribution in [0.3, 0.4) is 0 Å². The van der Waals surface area contributed by atoms with Crippen molar-refractivity contribution in [3.63, 3.8) is 0 Å². The van der Waals surface area contributed by atoms with Crippen LogP contribution >= 0.6 is 0 Å². The molecule has 1 aromatic carbocycles. The highest BCUT2D eigenvalue weighted by molar-refractivity contribution is 5.75. The molecule has 1 saturated heterocycles. The van der Waals surface area contributed by atoms with Crippen LogP contribution in [0.15, 0.2) is 18.2 Å². The van der Waals surface area contributed by atoms with Gasteiger partial charge in [0, 0.05) is 6.04 Å². The second-order valence-corrected chi connectivity index (χ2v) is 4.67. The fourth-order valence-electron chi connectivity index (χ4n) is 2.53. The Bertz CT molecular complexity index is 495. The molecule has 0 spiro atoms. The van der Waals surface area contributed by atoms with Crippen molar-refractivity contribution in [2.24, 2.45) is 0 Å². The Labute approximate surface area is 95.3 Å². The van der Waals surface area contributed by atoms with Crippen molar-refractivity contribution in [1.82, 2.24) is 15.3 Å². The summed E-state index contributed by atoms with van der Waals surface area (Å²) in [6, 6.07) is 7.21. The van der Waals surface area contributed by atoms with E-state index in [1.807, 2.05) is 6.92 Å². The van der Waals surface area contributed by atoms with Crippen LogP contribution in [0.2, 0.25) is 0 Å². The number of aromatic nitrogens is 2. The van der Waals surface area contributed by atoms with Gasteiger partial charge in [0.15, 0.2) is 0 Å². The topological polar surface area (TPSA) is 40.7 Å². The average Bonchev–Trinajstić information content (AvgIpc) is 2.85. The smallest absolute Gasteiger partial charge is 0.104 e. The molecule has 3 rings (SSSR count). The van der Waals surface area contributed by atoms with Gasteiger partial charge in [-0.05, 0) is 50.4 Å². The van der Waals surface area contributed by atoms with Crippen LogP contribution in [-0.4, -0.2) is 22.6 Å². The molecule has 0 amide bonds. The standard InChI is InChI=1S/C13H17N3/c1-9-15-12-5-4-10(8-13(12)16-9)7-11-3-2-6-14-11/h4-5,8,11,14H,2-3,6-7H2,1H3,(H,15,16). The van der Waals surface area contributed by atoms with E-state index in [4.69, 9.17) is 0 Å². The SMILES string of the molecule is Cc1nc2ccc(CC3CCCN3)cc2[nH]1. The van der Waals surface area contributed by atoms with E-state index in [-0.39, 0.29) is 0 Å². The number of hydrogen-bond acceptors (Lipinski definition) is 2. The number of nitrogens with one attached hydrogen (secondary N) is 2. The zero-order valence-electron chi connectivity index (χ0n) is 9.59. The van der Waals surface area contributed by atoms with Gasteiger partial charge in [-0.15, -0.1) is 0 Å². The third-order valence-corrected chi connectivity index (χ3v) is 3.31. The van der Waals surface area contributed by atoms with Crippen LogP contribution in [-0.2, 0) is 6.42 Å². The Morgan fingerprint density at radius 3 is 3.19 bits per heavy atom. The van der Waals surface area contributed by atoms with E-state index in [0.29, 0.717) is 6.04 Å². The predicted molar refractivity (Wildman–Crippen MR) is 65.6 cm³/mol. The van der Waals surface area contributed by atoms with E-state index in [0.717, 1.165) is 23.3 Å². The Morgan fingerprint density at radius 1 is 1.44 bits per heavy atom. The van der Waals surface area contributed by atoms with Crippen LogP contribution in [0.5, 0.6) is 0 Å². The van der Waals surface area contributed by atoms with Gasteiger partial charge in [-0.1, -0.05) is 6.07 Å². The Kier molecular flexibility index (Phi) is 2.40. The molecule has 1 aromatic heterocycles. The first-order valence-corrected chi connectivity index (χ1v) is 6.00. The molecule has 0 aliphatic carbocycles. The molecule has 1 atom stereocenters. The molecule has 0 bridgehead atoms. The predicted octanol–water partition coefficient (Wildman–Crippen LogP) is 2.17. The van der Waals surface area contributed by atoms with E-state index < -0.39 is 0 Å². The molecule has 3 heteroatoms. The number of H-pyrrole nitrogens is 1. The number of imidazole rings is 1. The Balaban J connectivity index is 1.86. The van der Waals surface area contributed by atoms with Gasteiger partial charge >= 0.3 is 0 Å². The van der Waals surface area contributed by atoms with Gasteiger partial charge in [0.05, 0.1) is 11.0 Å². The molecule has 1 aliphatic heterocycles. The molecule has 3 nitrogen and oxygen atoms in total. The lowest BCUT2D eigenvalue weighted by atomic mass is 10.0. The van der Waals surface area contributed by atoms with Gasteiger partial charge in [-0.2, -0.15) is 0 Å². The summed E-state index contributed by atoms with van der Waals surface area (Å²) in [6.45, 7) is 3.17. The second-order valence-electron chi connectivity index (χ2n) is 4.67. The molecule has 2 N–H and O–H groups in total. The van der Waals surface area contributed by atoms with Gasteiger partial charge < -0.3 is 10.3 Å².